The smallest absolute Gasteiger partial charge is 0.287 e. The number of ether oxygens (including phenoxy) is 4. The van der Waals surface area contributed by atoms with Gasteiger partial charge in [-0.25, -0.2) is 0 Å². The molecule has 9 heteroatoms. The summed E-state index contributed by atoms with van der Waals surface area (Å²) < 4.78 is 36.2. The van der Waals surface area contributed by atoms with Crippen molar-refractivity contribution in [3.63, 3.8) is 0 Å². The van der Waals surface area contributed by atoms with Crippen molar-refractivity contribution >= 4 is 23.7 Å². The molecule has 0 N–H and O–H groups in total. The number of hydrogen-bond donors (Lipinski definition) is 0. The van der Waals surface area contributed by atoms with Gasteiger partial charge in [-0.05, 0) is 43.0 Å². The summed E-state index contributed by atoms with van der Waals surface area (Å²) in [7, 11) is 0.196. The first kappa shape index (κ1) is 27.9. The summed E-state index contributed by atoms with van der Waals surface area (Å²) in [4.78, 5) is 42.4. The SMILES string of the molecule is COc1cccc(OC)c1C(=O)P(=O)(C(=O)C1=C(C)CC(C)(C)C=C1)C(=O)c1c(OC)cccc1OC. The highest BCUT2D eigenvalue weighted by atomic mass is 31.2. The van der Waals surface area contributed by atoms with Crippen LogP contribution in [-0.4, -0.2) is 45.0 Å². The molecule has 0 saturated carbocycles. The molecule has 3 rings (SSSR count). The fourth-order valence-electron chi connectivity index (χ4n) is 4.43. The van der Waals surface area contributed by atoms with E-state index in [1.165, 1.54) is 58.8 Å². The number of carbonyl (C=O) groups excluding carboxylic acids is 3. The number of hydrogen-bond acceptors (Lipinski definition) is 8. The summed E-state index contributed by atoms with van der Waals surface area (Å²) in [5.74, 6) is 0.0674. The number of benzene rings is 2. The average molecular weight is 527 g/mol. The van der Waals surface area contributed by atoms with E-state index >= 15 is 0 Å². The Bertz CT molecular complexity index is 1250. The minimum atomic E-state index is -5.09. The zero-order valence-corrected chi connectivity index (χ0v) is 22.9. The molecule has 0 spiro atoms. The predicted molar refractivity (Wildman–Crippen MR) is 141 cm³/mol. The molecule has 0 bridgehead atoms. The van der Waals surface area contributed by atoms with Gasteiger partial charge in [0.05, 0.1) is 28.4 Å². The molecule has 2 aromatic carbocycles. The molecule has 1 aliphatic rings. The van der Waals surface area contributed by atoms with E-state index in [2.05, 4.69) is 0 Å². The normalized spacial score (nSPS) is 14.7. The maximum Gasteiger partial charge on any atom is 0.287 e. The van der Waals surface area contributed by atoms with Gasteiger partial charge in [0.15, 0.2) is 0 Å². The molecule has 196 valence electrons. The molecule has 0 fully saturated rings. The Morgan fingerprint density at radius 3 is 1.43 bits per heavy atom. The maximum absolute atomic E-state index is 14.9. The van der Waals surface area contributed by atoms with E-state index in [-0.39, 0.29) is 45.1 Å². The second kappa shape index (κ2) is 10.8. The summed E-state index contributed by atoms with van der Waals surface area (Å²) in [5, 5.41) is 0. The monoisotopic (exact) mass is 526 g/mol. The third-order valence-corrected chi connectivity index (χ3v) is 8.66. The molecule has 0 unspecified atom stereocenters. The van der Waals surface area contributed by atoms with Gasteiger partial charge >= 0.3 is 0 Å². The topological polar surface area (TPSA) is 105 Å². The van der Waals surface area contributed by atoms with E-state index in [1.807, 2.05) is 13.8 Å². The Kier molecular flexibility index (Phi) is 8.13. The molecule has 0 aromatic heterocycles. The highest BCUT2D eigenvalue weighted by Gasteiger charge is 2.52. The highest BCUT2D eigenvalue weighted by molar-refractivity contribution is 8.07. The van der Waals surface area contributed by atoms with Crippen LogP contribution in [-0.2, 0) is 9.36 Å². The predicted octanol–water partition coefficient (Wildman–Crippen LogP) is 5.89. The van der Waals surface area contributed by atoms with Gasteiger partial charge in [-0.3, -0.25) is 18.9 Å². The lowest BCUT2D eigenvalue weighted by atomic mass is 9.80. The number of rotatable bonds is 10. The van der Waals surface area contributed by atoms with Crippen LogP contribution in [0.3, 0.4) is 0 Å². The molecule has 0 atom stereocenters. The van der Waals surface area contributed by atoms with E-state index in [4.69, 9.17) is 18.9 Å². The van der Waals surface area contributed by atoms with E-state index in [1.54, 1.807) is 25.1 Å². The van der Waals surface area contributed by atoms with Crippen molar-refractivity contribution < 1.29 is 37.9 Å². The zero-order chi connectivity index (χ0) is 27.5. The lowest BCUT2D eigenvalue weighted by Gasteiger charge is -2.27. The van der Waals surface area contributed by atoms with Gasteiger partial charge in [0.1, 0.15) is 34.1 Å². The first-order valence-electron chi connectivity index (χ1n) is 11.5. The Labute approximate surface area is 216 Å². The Hall–Kier alpha value is -3.64. The summed E-state index contributed by atoms with van der Waals surface area (Å²) in [6.07, 6.45) is 3.83. The Morgan fingerprint density at radius 2 is 1.11 bits per heavy atom. The molecule has 0 aliphatic heterocycles. The molecule has 0 heterocycles. The van der Waals surface area contributed by atoms with Crippen LogP contribution in [0.15, 0.2) is 59.7 Å². The van der Waals surface area contributed by atoms with Crippen LogP contribution in [0.5, 0.6) is 23.0 Å². The fraction of sp³-hybridized carbons (Fsp3) is 0.321. The molecule has 0 saturated heterocycles. The second-order valence-corrected chi connectivity index (χ2v) is 11.7. The minimum Gasteiger partial charge on any atom is -0.496 e. The Balaban J connectivity index is 2.36. The van der Waals surface area contributed by atoms with Crippen molar-refractivity contribution in [1.82, 2.24) is 0 Å². The quantitative estimate of drug-likeness (QED) is 0.353. The van der Waals surface area contributed by atoms with E-state index in [0.717, 1.165) is 0 Å². The molecule has 0 amide bonds. The Morgan fingerprint density at radius 1 is 0.730 bits per heavy atom. The first-order chi connectivity index (χ1) is 17.5. The molecular weight excluding hydrogens is 495 g/mol. The van der Waals surface area contributed by atoms with Crippen LogP contribution in [0.4, 0.5) is 0 Å². The highest BCUT2D eigenvalue weighted by Crippen LogP contribution is 2.59. The zero-order valence-electron chi connectivity index (χ0n) is 22.0. The lowest BCUT2D eigenvalue weighted by Crippen LogP contribution is -2.23. The molecule has 2 aromatic rings. The van der Waals surface area contributed by atoms with Crippen LogP contribution in [0, 0.1) is 5.41 Å². The summed E-state index contributed by atoms with van der Waals surface area (Å²) in [6, 6.07) is 9.01. The van der Waals surface area contributed by atoms with Crippen molar-refractivity contribution in [3.8, 4) is 23.0 Å². The van der Waals surface area contributed by atoms with Gasteiger partial charge in [-0.15, -0.1) is 0 Å². The average Bonchev–Trinajstić information content (AvgIpc) is 2.89. The third-order valence-electron chi connectivity index (χ3n) is 6.25. The van der Waals surface area contributed by atoms with E-state index in [9.17, 15) is 18.9 Å². The van der Waals surface area contributed by atoms with Crippen LogP contribution in [0.25, 0.3) is 0 Å². The molecule has 37 heavy (non-hydrogen) atoms. The van der Waals surface area contributed by atoms with Crippen molar-refractivity contribution in [2.75, 3.05) is 28.4 Å². The van der Waals surface area contributed by atoms with Crippen molar-refractivity contribution in [1.29, 1.82) is 0 Å². The molecule has 1 aliphatic carbocycles. The number of allylic oxidation sites excluding steroid dienone is 4. The standard InChI is InChI=1S/C28H31O8P/c1-17-16-28(2,3)15-14-18(17)25(29)37(32,26(30)23-19(33-4)10-8-11-20(23)34-5)27(31)24-21(35-6)12-9-13-22(24)36-7/h8-15H,16H2,1-7H3. The molecular formula is C28H31O8P. The molecule has 8 nitrogen and oxygen atoms in total. The van der Waals surface area contributed by atoms with Crippen LogP contribution < -0.4 is 18.9 Å². The van der Waals surface area contributed by atoms with Crippen LogP contribution in [0.1, 0.15) is 47.9 Å². The molecule has 0 radical (unpaired) electrons. The summed E-state index contributed by atoms with van der Waals surface area (Å²) in [5.41, 5.74) is -3.53. The number of methoxy groups -OCH3 is 4. The fourth-order valence-corrected chi connectivity index (χ4v) is 6.66. The largest absolute Gasteiger partial charge is 0.496 e. The van der Waals surface area contributed by atoms with Crippen LogP contribution in [0.2, 0.25) is 0 Å². The van der Waals surface area contributed by atoms with Gasteiger partial charge in [-0.2, -0.15) is 0 Å². The lowest BCUT2D eigenvalue weighted by molar-refractivity contribution is -0.108. The van der Waals surface area contributed by atoms with Gasteiger partial charge < -0.3 is 18.9 Å². The van der Waals surface area contributed by atoms with Gasteiger partial charge in [0, 0.05) is 5.57 Å². The van der Waals surface area contributed by atoms with E-state index in [0.29, 0.717) is 12.0 Å². The summed E-state index contributed by atoms with van der Waals surface area (Å²) >= 11 is 0. The van der Waals surface area contributed by atoms with Gasteiger partial charge in [0.2, 0.25) is 16.6 Å². The van der Waals surface area contributed by atoms with Crippen molar-refractivity contribution in [3.05, 3.63) is 70.8 Å². The third kappa shape index (κ3) is 4.98. The minimum absolute atomic E-state index is 0.0168. The van der Waals surface area contributed by atoms with E-state index < -0.39 is 23.7 Å². The second-order valence-electron chi connectivity index (χ2n) is 9.29. The summed E-state index contributed by atoms with van der Waals surface area (Å²) in [6.45, 7) is 5.71. The maximum atomic E-state index is 14.9. The van der Waals surface area contributed by atoms with Crippen molar-refractivity contribution in [2.45, 2.75) is 27.2 Å². The van der Waals surface area contributed by atoms with Gasteiger partial charge in [-0.1, -0.05) is 43.7 Å². The number of carbonyl (C=O) groups is 3. The van der Waals surface area contributed by atoms with Crippen LogP contribution >= 0.6 is 7.14 Å². The first-order valence-corrected chi connectivity index (χ1v) is 13.2. The van der Waals surface area contributed by atoms with Gasteiger partial charge in [0.25, 0.3) is 7.14 Å². The van der Waals surface area contributed by atoms with Crippen molar-refractivity contribution in [2.24, 2.45) is 5.41 Å².